The molecule has 2 aromatic heterocycles. The first kappa shape index (κ1) is 23.1. The first-order valence-electron chi connectivity index (χ1n) is 11.3. The normalized spacial score (nSPS) is 22.4. The first-order valence-corrected chi connectivity index (χ1v) is 12.2. The van der Waals surface area contributed by atoms with Crippen molar-refractivity contribution in [2.24, 2.45) is 11.8 Å². The number of hydrogen-bond donors (Lipinski definition) is 1. The van der Waals surface area contributed by atoms with E-state index in [0.717, 1.165) is 5.56 Å². The van der Waals surface area contributed by atoms with Crippen molar-refractivity contribution in [3.05, 3.63) is 52.5 Å². The number of amides is 4. The van der Waals surface area contributed by atoms with Crippen molar-refractivity contribution in [2.75, 3.05) is 13.1 Å². The quantitative estimate of drug-likeness (QED) is 0.498. The zero-order valence-corrected chi connectivity index (χ0v) is 19.6. The molecule has 0 bridgehead atoms. The van der Waals surface area contributed by atoms with E-state index in [9.17, 15) is 19.2 Å². The van der Waals surface area contributed by atoms with E-state index in [1.54, 1.807) is 30.3 Å². The number of aromatic nitrogens is 1. The maximum absolute atomic E-state index is 13.8. The fourth-order valence-corrected chi connectivity index (χ4v) is 5.34. The number of ketones is 1. The van der Waals surface area contributed by atoms with E-state index in [4.69, 9.17) is 0 Å². The molecule has 4 heterocycles. The third-order valence-electron chi connectivity index (χ3n) is 6.83. The van der Waals surface area contributed by atoms with Gasteiger partial charge in [0.25, 0.3) is 11.8 Å². The highest BCUT2D eigenvalue weighted by Crippen LogP contribution is 2.41. The van der Waals surface area contributed by atoms with Gasteiger partial charge in [-0.3, -0.25) is 24.3 Å². The molecule has 4 rings (SSSR count). The van der Waals surface area contributed by atoms with Gasteiger partial charge in [-0.25, -0.2) is 4.79 Å². The van der Waals surface area contributed by atoms with Gasteiger partial charge in [0.1, 0.15) is 0 Å². The smallest absolute Gasteiger partial charge is 0.325 e. The Bertz CT molecular complexity index is 1030. The fourth-order valence-electron chi connectivity index (χ4n) is 4.68. The van der Waals surface area contributed by atoms with Crippen molar-refractivity contribution in [1.82, 2.24) is 20.1 Å². The number of piperidine rings is 1. The number of imide groups is 1. The second kappa shape index (κ2) is 9.43. The molecule has 2 fully saturated rings. The maximum Gasteiger partial charge on any atom is 0.325 e. The summed E-state index contributed by atoms with van der Waals surface area (Å²) in [5.74, 6) is -1.66. The molecule has 0 aromatic carbocycles. The number of urea groups is 1. The van der Waals surface area contributed by atoms with Crippen molar-refractivity contribution >= 4 is 35.0 Å². The van der Waals surface area contributed by atoms with Crippen LogP contribution in [0.15, 0.2) is 41.4 Å². The molecule has 2 aliphatic rings. The minimum Gasteiger partial charge on any atom is -0.336 e. The summed E-state index contributed by atoms with van der Waals surface area (Å²) < 4.78 is 0. The van der Waals surface area contributed by atoms with Crippen LogP contribution in [0.1, 0.15) is 44.2 Å². The van der Waals surface area contributed by atoms with Crippen molar-refractivity contribution < 1.29 is 19.2 Å². The second-order valence-corrected chi connectivity index (χ2v) is 9.52. The number of likely N-dealkylation sites (tertiary alicyclic amines) is 1. The molecule has 9 heteroatoms. The van der Waals surface area contributed by atoms with Crippen LogP contribution in [0, 0.1) is 11.8 Å². The van der Waals surface area contributed by atoms with Crippen LogP contribution in [0.25, 0.3) is 0 Å². The summed E-state index contributed by atoms with van der Waals surface area (Å²) in [6.07, 6.45) is 4.85. The van der Waals surface area contributed by atoms with Gasteiger partial charge < -0.3 is 10.2 Å². The number of hydrogen-bond acceptors (Lipinski definition) is 6. The Labute approximate surface area is 197 Å². The number of thiophene rings is 1. The molecule has 174 valence electrons. The van der Waals surface area contributed by atoms with Crippen molar-refractivity contribution in [2.45, 2.75) is 45.2 Å². The van der Waals surface area contributed by atoms with Crippen LogP contribution in [-0.2, 0) is 26.5 Å². The minimum absolute atomic E-state index is 0.205. The number of nitrogens with one attached hydrogen (secondary N) is 1. The molecule has 0 saturated carbocycles. The predicted octanol–water partition coefficient (Wildman–Crippen LogP) is 2.94. The summed E-state index contributed by atoms with van der Waals surface area (Å²) >= 11 is 1.51. The number of pyridine rings is 1. The standard InChI is InChI=1S/C24H28N4O4S/c1-3-16(2)20(29)21(30)27-10-6-18(7-11-27)24(19-5-4-9-25-13-19)22(31)28(23(32)26-24)14-17-8-12-33-15-17/h4-5,8-9,12-13,15-16,18H,3,6-7,10-11,14H2,1-2H3,(H,26,32)/t16-,24-/m1/s1. The van der Waals surface area contributed by atoms with Gasteiger partial charge in [-0.05, 0) is 53.6 Å². The van der Waals surface area contributed by atoms with Crippen molar-refractivity contribution in [1.29, 1.82) is 0 Å². The topological polar surface area (TPSA) is 99.7 Å². The van der Waals surface area contributed by atoms with Gasteiger partial charge >= 0.3 is 6.03 Å². The molecule has 4 amide bonds. The first-order chi connectivity index (χ1) is 15.9. The largest absolute Gasteiger partial charge is 0.336 e. The third-order valence-corrected chi connectivity index (χ3v) is 7.57. The molecule has 0 radical (unpaired) electrons. The van der Waals surface area contributed by atoms with E-state index in [1.165, 1.54) is 16.2 Å². The number of carbonyl (C=O) groups is 4. The Morgan fingerprint density at radius 2 is 2.03 bits per heavy atom. The number of carbonyl (C=O) groups excluding carboxylic acids is 4. The highest BCUT2D eigenvalue weighted by atomic mass is 32.1. The van der Waals surface area contributed by atoms with E-state index in [-0.39, 0.29) is 30.1 Å². The summed E-state index contributed by atoms with van der Waals surface area (Å²) in [6.45, 7) is 4.58. The zero-order chi connectivity index (χ0) is 23.6. The summed E-state index contributed by atoms with van der Waals surface area (Å²) in [4.78, 5) is 58.8. The average molecular weight is 469 g/mol. The SMILES string of the molecule is CC[C@@H](C)C(=O)C(=O)N1CCC([C@]2(c3cccnc3)NC(=O)N(Cc3ccsc3)C2=O)CC1. The van der Waals surface area contributed by atoms with Gasteiger partial charge in [0.05, 0.1) is 6.54 Å². The van der Waals surface area contributed by atoms with Crippen LogP contribution < -0.4 is 5.32 Å². The van der Waals surface area contributed by atoms with Crippen LogP contribution in [0.3, 0.4) is 0 Å². The van der Waals surface area contributed by atoms with Gasteiger partial charge in [-0.2, -0.15) is 11.3 Å². The number of nitrogens with zero attached hydrogens (tertiary/aromatic N) is 3. The molecule has 2 aliphatic heterocycles. The lowest BCUT2D eigenvalue weighted by Gasteiger charge is -2.41. The second-order valence-electron chi connectivity index (χ2n) is 8.74. The molecule has 2 saturated heterocycles. The lowest BCUT2D eigenvalue weighted by atomic mass is 9.73. The Morgan fingerprint density at radius 1 is 1.27 bits per heavy atom. The van der Waals surface area contributed by atoms with E-state index in [2.05, 4.69) is 10.3 Å². The summed E-state index contributed by atoms with van der Waals surface area (Å²) in [5, 5.41) is 6.82. The molecule has 2 aromatic rings. The number of rotatable bonds is 7. The monoisotopic (exact) mass is 468 g/mol. The van der Waals surface area contributed by atoms with E-state index >= 15 is 0 Å². The molecular weight excluding hydrogens is 440 g/mol. The summed E-state index contributed by atoms with van der Waals surface area (Å²) in [7, 11) is 0. The maximum atomic E-state index is 13.8. The van der Waals surface area contributed by atoms with E-state index < -0.39 is 17.5 Å². The number of Topliss-reactive ketones (excluding diaryl/α,β-unsaturated/α-hetero) is 1. The Hall–Kier alpha value is -3.07. The van der Waals surface area contributed by atoms with Crippen LogP contribution >= 0.6 is 11.3 Å². The zero-order valence-electron chi connectivity index (χ0n) is 18.8. The van der Waals surface area contributed by atoms with Crippen LogP contribution in [0.5, 0.6) is 0 Å². The fraction of sp³-hybridized carbons (Fsp3) is 0.458. The van der Waals surface area contributed by atoms with E-state index in [0.29, 0.717) is 37.9 Å². The van der Waals surface area contributed by atoms with Crippen molar-refractivity contribution in [3.8, 4) is 0 Å². The highest BCUT2D eigenvalue weighted by molar-refractivity contribution is 7.07. The third kappa shape index (κ3) is 4.17. The minimum atomic E-state index is -1.24. The molecule has 0 aliphatic carbocycles. The van der Waals surface area contributed by atoms with Crippen LogP contribution in [-0.4, -0.2) is 51.5 Å². The Kier molecular flexibility index (Phi) is 6.60. The van der Waals surface area contributed by atoms with Gasteiger partial charge in [-0.15, -0.1) is 0 Å². The van der Waals surface area contributed by atoms with Crippen LogP contribution in [0.4, 0.5) is 4.79 Å². The summed E-state index contributed by atoms with van der Waals surface area (Å²) in [6, 6.07) is 5.03. The van der Waals surface area contributed by atoms with Crippen LogP contribution in [0.2, 0.25) is 0 Å². The molecule has 33 heavy (non-hydrogen) atoms. The lowest BCUT2D eigenvalue weighted by Crippen LogP contribution is -2.55. The molecule has 8 nitrogen and oxygen atoms in total. The Balaban J connectivity index is 1.58. The lowest BCUT2D eigenvalue weighted by molar-refractivity contribution is -0.148. The summed E-state index contributed by atoms with van der Waals surface area (Å²) in [5.41, 5.74) is 0.295. The molecule has 0 spiro atoms. The Morgan fingerprint density at radius 3 is 2.64 bits per heavy atom. The van der Waals surface area contributed by atoms with Gasteiger partial charge in [0, 0.05) is 37.0 Å². The van der Waals surface area contributed by atoms with E-state index in [1.807, 2.05) is 29.8 Å². The van der Waals surface area contributed by atoms with Gasteiger partial charge in [0.2, 0.25) is 5.78 Å². The van der Waals surface area contributed by atoms with Gasteiger partial charge in [-0.1, -0.05) is 19.9 Å². The molecule has 0 unspecified atom stereocenters. The van der Waals surface area contributed by atoms with Crippen molar-refractivity contribution in [3.63, 3.8) is 0 Å². The van der Waals surface area contributed by atoms with Gasteiger partial charge in [0.15, 0.2) is 5.54 Å². The predicted molar refractivity (Wildman–Crippen MR) is 123 cm³/mol. The molecular formula is C24H28N4O4S. The molecule has 1 N–H and O–H groups in total. The average Bonchev–Trinajstić information content (AvgIpc) is 3.46. The highest BCUT2D eigenvalue weighted by Gasteiger charge is 2.57. The molecule has 2 atom stereocenters.